The Morgan fingerprint density at radius 2 is 0.658 bits per heavy atom. The van der Waals surface area contributed by atoms with Gasteiger partial charge >= 0.3 is 0 Å². The first-order chi connectivity index (χ1) is 18.8. The number of nitrogens with zero attached hydrogens (tertiary/aromatic N) is 1. The van der Waals surface area contributed by atoms with E-state index in [2.05, 4.69) is 158 Å². The zero-order chi connectivity index (χ0) is 25.4. The van der Waals surface area contributed by atoms with Gasteiger partial charge in [0.05, 0.1) is 12.7 Å². The van der Waals surface area contributed by atoms with Crippen molar-refractivity contribution in [3.63, 3.8) is 0 Å². The first kappa shape index (κ1) is 22.7. The maximum absolute atomic E-state index is 5.86. The summed E-state index contributed by atoms with van der Waals surface area (Å²) < 4.78 is 5.86. The van der Waals surface area contributed by atoms with Gasteiger partial charge in [0.25, 0.3) is 0 Å². The fourth-order valence-corrected chi connectivity index (χ4v) is 9.83. The molecule has 0 amide bonds. The van der Waals surface area contributed by atoms with Crippen LogP contribution in [0.2, 0.25) is 0 Å². The van der Waals surface area contributed by atoms with E-state index in [9.17, 15) is 0 Å². The Morgan fingerprint density at radius 3 is 1.08 bits per heavy atom. The minimum Gasteiger partial charge on any atom is -0.254 e. The monoisotopic (exact) mass is 503 g/mol. The Kier molecular flexibility index (Phi) is 5.65. The summed E-state index contributed by atoms with van der Waals surface area (Å²) in [5.74, 6) is 0. The lowest BCUT2D eigenvalue weighted by Crippen LogP contribution is -2.27. The number of benzene rings is 7. The van der Waals surface area contributed by atoms with E-state index >= 15 is 0 Å². The van der Waals surface area contributed by atoms with Crippen LogP contribution >= 0.6 is 7.05 Å². The molecule has 0 fully saturated rings. The molecule has 0 unspecified atom stereocenters. The van der Waals surface area contributed by atoms with Gasteiger partial charge in [-0.3, -0.25) is 4.74 Å². The first-order valence-electron chi connectivity index (χ1n) is 13.0. The molecule has 38 heavy (non-hydrogen) atoms. The Hall–Kier alpha value is -4.45. The Bertz CT molecular complexity index is 1770. The number of fused-ring (bicyclic) bond motifs is 3. The SMILES string of the molecule is c1ccc(N=P(c2cccc3ccccc23)(c2cccc3ccccc23)c2cccc3ccccc23)cc1. The molecule has 180 valence electrons. The van der Waals surface area contributed by atoms with Gasteiger partial charge in [-0.15, -0.1) is 0 Å². The molecule has 7 aromatic rings. The minimum absolute atomic E-state index is 0.995. The second-order valence-electron chi connectivity index (χ2n) is 9.57. The Balaban J connectivity index is 1.78. The fraction of sp³-hybridized carbons (Fsp3) is 0. The lowest BCUT2D eigenvalue weighted by Gasteiger charge is -2.30. The molecular weight excluding hydrogens is 477 g/mol. The predicted octanol–water partition coefficient (Wildman–Crippen LogP) is 8.96. The van der Waals surface area contributed by atoms with Crippen LogP contribution in [0, 0.1) is 0 Å². The van der Waals surface area contributed by atoms with Crippen molar-refractivity contribution in [2.75, 3.05) is 0 Å². The van der Waals surface area contributed by atoms with Crippen molar-refractivity contribution >= 4 is 61.0 Å². The van der Waals surface area contributed by atoms with Gasteiger partial charge in [0.2, 0.25) is 0 Å². The van der Waals surface area contributed by atoms with Crippen LogP contribution in [0.4, 0.5) is 5.69 Å². The number of hydrogen-bond acceptors (Lipinski definition) is 1. The van der Waals surface area contributed by atoms with Crippen LogP contribution in [0.15, 0.2) is 162 Å². The fourth-order valence-electron chi connectivity index (χ4n) is 5.69. The average Bonchev–Trinajstić information content (AvgIpc) is 3.00. The number of hydrogen-bond donors (Lipinski definition) is 0. The summed E-state index contributed by atoms with van der Waals surface area (Å²) in [6.45, 7) is 0. The molecule has 0 aromatic heterocycles. The molecule has 0 radical (unpaired) electrons. The third kappa shape index (κ3) is 3.67. The highest BCUT2D eigenvalue weighted by Crippen LogP contribution is 2.53. The molecule has 0 bridgehead atoms. The molecule has 0 aliphatic carbocycles. The minimum atomic E-state index is -2.59. The lowest BCUT2D eigenvalue weighted by molar-refractivity contribution is 1.55. The van der Waals surface area contributed by atoms with Crippen molar-refractivity contribution in [1.29, 1.82) is 0 Å². The van der Waals surface area contributed by atoms with Crippen molar-refractivity contribution in [2.24, 2.45) is 4.74 Å². The Morgan fingerprint density at radius 1 is 0.316 bits per heavy atom. The largest absolute Gasteiger partial charge is 0.254 e. The van der Waals surface area contributed by atoms with Gasteiger partial charge in [-0.05, 0) is 44.5 Å². The van der Waals surface area contributed by atoms with E-state index in [1.165, 1.54) is 48.2 Å². The highest BCUT2D eigenvalue weighted by Gasteiger charge is 2.32. The molecule has 7 rings (SSSR count). The van der Waals surface area contributed by atoms with Gasteiger partial charge in [-0.1, -0.05) is 146 Å². The van der Waals surface area contributed by atoms with Crippen LogP contribution < -0.4 is 15.9 Å². The molecular formula is C36H26NP. The zero-order valence-corrected chi connectivity index (χ0v) is 21.8. The molecule has 0 heterocycles. The predicted molar refractivity (Wildman–Crippen MR) is 166 cm³/mol. The lowest BCUT2D eigenvalue weighted by atomic mass is 10.1. The summed E-state index contributed by atoms with van der Waals surface area (Å²) in [5, 5.41) is 11.3. The van der Waals surface area contributed by atoms with Crippen LogP contribution in [-0.4, -0.2) is 0 Å². The second-order valence-corrected chi connectivity index (χ2v) is 12.5. The summed E-state index contributed by atoms with van der Waals surface area (Å²) in [7, 11) is -2.59. The highest BCUT2D eigenvalue weighted by atomic mass is 31.2. The standard InChI is InChI=1S/C36H26NP/c1-2-19-30(20-3-1)37-38(34-24-10-16-27-13-4-7-21-31(27)34,35-25-11-17-28-14-5-8-22-32(28)35)36-26-12-18-29-15-6-9-23-33(29)36/h1-26H. The van der Waals surface area contributed by atoms with E-state index in [1.807, 2.05) is 0 Å². The molecule has 0 aliphatic rings. The first-order valence-corrected chi connectivity index (χ1v) is 14.7. The van der Waals surface area contributed by atoms with Crippen LogP contribution in [0.1, 0.15) is 0 Å². The summed E-state index contributed by atoms with van der Waals surface area (Å²) >= 11 is 0. The smallest absolute Gasteiger partial charge is 0.0630 e. The molecule has 0 atom stereocenters. The normalized spacial score (nSPS) is 11.7. The van der Waals surface area contributed by atoms with E-state index < -0.39 is 7.05 Å². The van der Waals surface area contributed by atoms with Crippen molar-refractivity contribution < 1.29 is 0 Å². The van der Waals surface area contributed by atoms with Crippen molar-refractivity contribution in [3.05, 3.63) is 158 Å². The molecule has 1 nitrogen and oxygen atoms in total. The highest BCUT2D eigenvalue weighted by molar-refractivity contribution is 7.88. The molecule has 7 aromatic carbocycles. The van der Waals surface area contributed by atoms with Crippen LogP contribution in [-0.2, 0) is 0 Å². The van der Waals surface area contributed by atoms with Crippen LogP contribution in [0.5, 0.6) is 0 Å². The maximum Gasteiger partial charge on any atom is 0.0630 e. The molecule has 0 saturated heterocycles. The van der Waals surface area contributed by atoms with Crippen molar-refractivity contribution in [2.45, 2.75) is 0 Å². The van der Waals surface area contributed by atoms with Crippen LogP contribution in [0.25, 0.3) is 32.3 Å². The third-order valence-electron chi connectivity index (χ3n) is 7.37. The molecule has 0 spiro atoms. The van der Waals surface area contributed by atoms with Gasteiger partial charge in [0.1, 0.15) is 0 Å². The maximum atomic E-state index is 5.86. The topological polar surface area (TPSA) is 12.4 Å². The Labute approximate surface area is 223 Å². The number of rotatable bonds is 4. The summed E-state index contributed by atoms with van der Waals surface area (Å²) in [6, 6.07) is 56.9. The molecule has 0 aliphatic heterocycles. The van der Waals surface area contributed by atoms with Gasteiger partial charge in [0, 0.05) is 15.9 Å². The summed E-state index contributed by atoms with van der Waals surface area (Å²) in [5.41, 5.74) is 0.995. The summed E-state index contributed by atoms with van der Waals surface area (Å²) in [4.78, 5) is 0. The molecule has 2 heteroatoms. The molecule has 0 N–H and O–H groups in total. The second kappa shape index (κ2) is 9.45. The third-order valence-corrected chi connectivity index (χ3v) is 11.2. The van der Waals surface area contributed by atoms with Crippen molar-refractivity contribution in [3.8, 4) is 0 Å². The van der Waals surface area contributed by atoms with Gasteiger partial charge in [-0.2, -0.15) is 0 Å². The van der Waals surface area contributed by atoms with Gasteiger partial charge in [0.15, 0.2) is 0 Å². The average molecular weight is 504 g/mol. The molecule has 0 saturated carbocycles. The van der Waals surface area contributed by atoms with Gasteiger partial charge < -0.3 is 0 Å². The van der Waals surface area contributed by atoms with Crippen LogP contribution in [0.3, 0.4) is 0 Å². The van der Waals surface area contributed by atoms with E-state index in [1.54, 1.807) is 0 Å². The van der Waals surface area contributed by atoms with Gasteiger partial charge in [-0.25, -0.2) is 0 Å². The van der Waals surface area contributed by atoms with E-state index in [-0.39, 0.29) is 0 Å². The quantitative estimate of drug-likeness (QED) is 0.213. The van der Waals surface area contributed by atoms with E-state index in [0.717, 1.165) is 5.69 Å². The van der Waals surface area contributed by atoms with Crippen molar-refractivity contribution in [1.82, 2.24) is 0 Å². The van der Waals surface area contributed by atoms with E-state index in [0.29, 0.717) is 0 Å². The summed E-state index contributed by atoms with van der Waals surface area (Å²) in [6.07, 6.45) is 0. The zero-order valence-electron chi connectivity index (χ0n) is 20.9. The van der Waals surface area contributed by atoms with E-state index in [4.69, 9.17) is 4.74 Å².